The molecule has 0 saturated carbocycles. The molecule has 3 rings (SSSR count). The summed E-state index contributed by atoms with van der Waals surface area (Å²) in [6.45, 7) is 3.67. The second-order valence-electron chi connectivity index (χ2n) is 6.41. The van der Waals surface area contributed by atoms with Gasteiger partial charge in [-0.3, -0.25) is 10.1 Å². The average Bonchev–Trinajstić information content (AvgIpc) is 2.94. The van der Waals surface area contributed by atoms with Crippen LogP contribution in [-0.4, -0.2) is 62.9 Å². The highest BCUT2D eigenvalue weighted by Gasteiger charge is 2.36. The molecular weight excluding hydrogens is 414 g/mol. The highest BCUT2D eigenvalue weighted by molar-refractivity contribution is 8.04. The van der Waals surface area contributed by atoms with Crippen LogP contribution in [0, 0.1) is 0 Å². The number of ether oxygens (including phenoxy) is 1. The number of nitrogens with zero attached hydrogens (tertiary/aromatic N) is 2. The zero-order chi connectivity index (χ0) is 20.0. The van der Waals surface area contributed by atoms with Gasteiger partial charge in [0.05, 0.1) is 27.3 Å². The van der Waals surface area contributed by atoms with Gasteiger partial charge in [-0.1, -0.05) is 11.3 Å². The molecule has 1 aromatic heterocycles. The van der Waals surface area contributed by atoms with Crippen molar-refractivity contribution >= 4 is 51.8 Å². The maximum absolute atomic E-state index is 12.5. The number of morpholine rings is 1. The van der Waals surface area contributed by atoms with Crippen molar-refractivity contribution in [2.45, 2.75) is 31.0 Å². The number of rotatable bonds is 3. The van der Waals surface area contributed by atoms with Crippen LogP contribution in [0.1, 0.15) is 13.8 Å². The lowest BCUT2D eigenvalue weighted by Crippen LogP contribution is -2.50. The molecule has 2 heterocycles. The van der Waals surface area contributed by atoms with Crippen LogP contribution in [-0.2, 0) is 24.6 Å². The van der Waals surface area contributed by atoms with E-state index in [0.717, 1.165) is 21.9 Å². The number of thiazole rings is 1. The van der Waals surface area contributed by atoms with E-state index < -0.39 is 25.1 Å². The summed E-state index contributed by atoms with van der Waals surface area (Å²) in [5, 5.41) is 1.21. The third-order valence-corrected chi connectivity index (χ3v) is 7.55. The number of hydrogen-bond acceptors (Lipinski definition) is 8. The predicted octanol–water partition coefficient (Wildman–Crippen LogP) is 1.67. The van der Waals surface area contributed by atoms with Gasteiger partial charge in [0.25, 0.3) is 10.0 Å². The van der Waals surface area contributed by atoms with Crippen LogP contribution in [0.4, 0.5) is 9.93 Å². The van der Waals surface area contributed by atoms with Crippen LogP contribution in [0.25, 0.3) is 10.2 Å². The second kappa shape index (κ2) is 7.09. The van der Waals surface area contributed by atoms with E-state index in [9.17, 15) is 21.6 Å². The SMILES string of the molecule is CC1CN(S(=O)(=O)C(=O)Nc2nc3ccc(S(C)(=O)=O)cc3s2)CC(C)O1. The number of sulfonamides is 1. The Morgan fingerprint density at radius 3 is 2.44 bits per heavy atom. The summed E-state index contributed by atoms with van der Waals surface area (Å²) in [5.74, 6) is 0. The first-order valence-electron chi connectivity index (χ1n) is 8.04. The van der Waals surface area contributed by atoms with E-state index in [0.29, 0.717) is 10.2 Å². The number of sulfone groups is 1. The number of carbonyl (C=O) groups is 1. The molecule has 12 heteroatoms. The smallest absolute Gasteiger partial charge is 0.358 e. The molecule has 2 atom stereocenters. The van der Waals surface area contributed by atoms with Crippen LogP contribution in [0.3, 0.4) is 0 Å². The van der Waals surface area contributed by atoms with Crippen molar-refractivity contribution in [3.8, 4) is 0 Å². The number of amides is 1. The van der Waals surface area contributed by atoms with E-state index in [1.165, 1.54) is 18.2 Å². The van der Waals surface area contributed by atoms with E-state index >= 15 is 0 Å². The molecule has 1 amide bonds. The topological polar surface area (TPSA) is 123 Å². The molecule has 148 valence electrons. The second-order valence-corrected chi connectivity index (χ2v) is 11.3. The van der Waals surface area contributed by atoms with Crippen molar-refractivity contribution in [3.63, 3.8) is 0 Å². The summed E-state index contributed by atoms with van der Waals surface area (Å²) in [6.07, 6.45) is 0.468. The molecule has 9 nitrogen and oxygen atoms in total. The van der Waals surface area contributed by atoms with Gasteiger partial charge >= 0.3 is 5.24 Å². The minimum absolute atomic E-state index is 0.0820. The normalized spacial score (nSPS) is 22.0. The first-order chi connectivity index (χ1) is 12.5. The van der Waals surface area contributed by atoms with Crippen LogP contribution in [0.15, 0.2) is 23.1 Å². The van der Waals surface area contributed by atoms with Crippen LogP contribution in [0.2, 0.25) is 0 Å². The Labute approximate surface area is 161 Å². The lowest BCUT2D eigenvalue weighted by atomic mass is 10.3. The fourth-order valence-electron chi connectivity index (χ4n) is 2.79. The van der Waals surface area contributed by atoms with E-state index in [2.05, 4.69) is 10.3 Å². The van der Waals surface area contributed by atoms with Gasteiger partial charge in [0.2, 0.25) is 0 Å². The van der Waals surface area contributed by atoms with Crippen molar-refractivity contribution in [1.82, 2.24) is 9.29 Å². The maximum Gasteiger partial charge on any atom is 0.358 e. The lowest BCUT2D eigenvalue weighted by molar-refractivity contribution is -0.0437. The van der Waals surface area contributed by atoms with Gasteiger partial charge in [-0.05, 0) is 32.0 Å². The number of benzene rings is 1. The van der Waals surface area contributed by atoms with Gasteiger partial charge in [-0.2, -0.15) is 4.31 Å². The summed E-state index contributed by atoms with van der Waals surface area (Å²) in [5.41, 5.74) is 0.466. The van der Waals surface area contributed by atoms with E-state index in [-0.39, 0.29) is 35.3 Å². The van der Waals surface area contributed by atoms with Gasteiger partial charge < -0.3 is 4.74 Å². The molecular formula is C15H19N3O6S3. The van der Waals surface area contributed by atoms with Crippen LogP contribution >= 0.6 is 11.3 Å². The number of nitrogens with one attached hydrogen (secondary N) is 1. The third kappa shape index (κ3) is 4.29. The predicted molar refractivity (Wildman–Crippen MR) is 102 cm³/mol. The minimum Gasteiger partial charge on any atom is -0.373 e. The Bertz CT molecular complexity index is 1080. The fraction of sp³-hybridized carbons (Fsp3) is 0.467. The molecule has 1 aliphatic heterocycles. The molecule has 27 heavy (non-hydrogen) atoms. The number of carbonyl (C=O) groups excluding carboxylic acids is 1. The molecule has 1 aliphatic rings. The molecule has 0 spiro atoms. The Hall–Kier alpha value is -1.60. The Kier molecular flexibility index (Phi) is 5.29. The monoisotopic (exact) mass is 433 g/mol. The molecule has 2 aromatic rings. The fourth-order valence-corrected chi connectivity index (χ4v) is 5.74. The van der Waals surface area contributed by atoms with Crippen LogP contribution in [0.5, 0.6) is 0 Å². The summed E-state index contributed by atoms with van der Waals surface area (Å²) >= 11 is 1.00. The Morgan fingerprint density at radius 2 is 1.85 bits per heavy atom. The zero-order valence-corrected chi connectivity index (χ0v) is 17.3. The van der Waals surface area contributed by atoms with Gasteiger partial charge in [0, 0.05) is 19.3 Å². The van der Waals surface area contributed by atoms with Gasteiger partial charge in [-0.15, -0.1) is 0 Å². The first-order valence-corrected chi connectivity index (χ1v) is 12.2. The number of anilines is 1. The van der Waals surface area contributed by atoms with E-state index in [1.807, 2.05) is 0 Å². The Morgan fingerprint density at radius 1 is 1.22 bits per heavy atom. The summed E-state index contributed by atoms with van der Waals surface area (Å²) in [7, 11) is -7.60. The summed E-state index contributed by atoms with van der Waals surface area (Å²) in [4.78, 5) is 16.6. The Balaban J connectivity index is 1.83. The average molecular weight is 434 g/mol. The number of fused-ring (bicyclic) bond motifs is 1. The molecule has 0 bridgehead atoms. The van der Waals surface area contributed by atoms with E-state index in [4.69, 9.17) is 4.74 Å². The zero-order valence-electron chi connectivity index (χ0n) is 14.9. The molecule has 0 aliphatic carbocycles. The third-order valence-electron chi connectivity index (χ3n) is 3.96. The van der Waals surface area contributed by atoms with Gasteiger partial charge in [0.15, 0.2) is 15.0 Å². The largest absolute Gasteiger partial charge is 0.373 e. The van der Waals surface area contributed by atoms with Crippen molar-refractivity contribution < 1.29 is 26.4 Å². The van der Waals surface area contributed by atoms with Gasteiger partial charge in [-0.25, -0.2) is 21.8 Å². The molecule has 1 N–H and O–H groups in total. The summed E-state index contributed by atoms with van der Waals surface area (Å²) in [6, 6.07) is 4.37. The van der Waals surface area contributed by atoms with Gasteiger partial charge in [0.1, 0.15) is 0 Å². The number of hydrogen-bond donors (Lipinski definition) is 1. The molecule has 0 radical (unpaired) electrons. The number of aromatic nitrogens is 1. The summed E-state index contributed by atoms with van der Waals surface area (Å²) < 4.78 is 55.5. The highest BCUT2D eigenvalue weighted by Crippen LogP contribution is 2.29. The maximum atomic E-state index is 12.5. The first kappa shape index (κ1) is 20.1. The van der Waals surface area contributed by atoms with E-state index in [1.54, 1.807) is 13.8 Å². The molecule has 1 saturated heterocycles. The minimum atomic E-state index is -4.22. The van der Waals surface area contributed by atoms with Crippen molar-refractivity contribution in [1.29, 1.82) is 0 Å². The lowest BCUT2D eigenvalue weighted by Gasteiger charge is -2.33. The van der Waals surface area contributed by atoms with Crippen molar-refractivity contribution in [2.24, 2.45) is 0 Å². The molecule has 2 unspecified atom stereocenters. The van der Waals surface area contributed by atoms with Crippen molar-refractivity contribution in [3.05, 3.63) is 18.2 Å². The molecule has 1 aromatic carbocycles. The quantitative estimate of drug-likeness (QED) is 0.781. The van der Waals surface area contributed by atoms with Crippen molar-refractivity contribution in [2.75, 3.05) is 24.7 Å². The molecule has 1 fully saturated rings. The standard InChI is InChI=1S/C15H19N3O6S3/c1-9-7-18(8-10(2)24-9)27(22,23)15(19)17-14-16-12-5-4-11(26(3,20)21)6-13(12)25-14/h4-6,9-10H,7-8H2,1-3H3,(H,16,17,19). The highest BCUT2D eigenvalue weighted by atomic mass is 32.2. The van der Waals surface area contributed by atoms with Crippen LogP contribution < -0.4 is 5.32 Å².